The quantitative estimate of drug-likeness (QED) is 0.825. The minimum Gasteiger partial charge on any atom is -0.354 e. The van der Waals surface area contributed by atoms with Crippen LogP contribution in [-0.2, 0) is 26.7 Å². The van der Waals surface area contributed by atoms with Crippen LogP contribution in [0.2, 0.25) is 0 Å². The summed E-state index contributed by atoms with van der Waals surface area (Å²) in [5.74, 6) is 0. The van der Waals surface area contributed by atoms with Gasteiger partial charge in [0.2, 0.25) is 0 Å². The molecule has 4 heteroatoms. The first-order valence-corrected chi connectivity index (χ1v) is 6.12. The highest BCUT2D eigenvalue weighted by Crippen LogP contribution is 2.02. The van der Waals surface area contributed by atoms with Crippen LogP contribution in [0, 0.1) is 0 Å². The average molecular weight is 232 g/mol. The van der Waals surface area contributed by atoms with Crippen LogP contribution < -0.4 is 5.32 Å². The highest BCUT2D eigenvalue weighted by atomic mass is 15.3. The van der Waals surface area contributed by atoms with Gasteiger partial charge in [-0.3, -0.25) is 4.68 Å². The van der Waals surface area contributed by atoms with E-state index < -0.39 is 0 Å². The molecule has 1 N–H and O–H groups in total. The lowest BCUT2D eigenvalue weighted by Crippen LogP contribution is -2.12. The molecule has 0 aliphatic heterocycles. The van der Waals surface area contributed by atoms with E-state index in [0.29, 0.717) is 0 Å². The van der Waals surface area contributed by atoms with Crippen molar-refractivity contribution in [3.05, 3.63) is 42.0 Å². The molecule has 0 aliphatic rings. The summed E-state index contributed by atoms with van der Waals surface area (Å²) >= 11 is 0. The van der Waals surface area contributed by atoms with Crippen molar-refractivity contribution in [3.63, 3.8) is 0 Å². The molecule has 0 aliphatic carbocycles. The maximum atomic E-state index is 4.33. The van der Waals surface area contributed by atoms with Crippen molar-refractivity contribution in [1.82, 2.24) is 19.7 Å². The van der Waals surface area contributed by atoms with E-state index >= 15 is 0 Å². The number of aryl methyl sites for hydroxylation is 2. The smallest absolute Gasteiger partial charge is 0.0762 e. The summed E-state index contributed by atoms with van der Waals surface area (Å²) in [7, 11) is 1.94. The molecule has 0 radical (unpaired) electrons. The van der Waals surface area contributed by atoms with Gasteiger partial charge in [0, 0.05) is 45.3 Å². The molecule has 0 unspecified atom stereocenters. The van der Waals surface area contributed by atoms with Gasteiger partial charge >= 0.3 is 0 Å². The zero-order valence-corrected chi connectivity index (χ0v) is 10.6. The predicted molar refractivity (Wildman–Crippen MR) is 68.5 cm³/mol. The summed E-state index contributed by atoms with van der Waals surface area (Å²) in [4.78, 5) is 0. The Morgan fingerprint density at radius 2 is 2.12 bits per heavy atom. The molecule has 0 spiro atoms. The molecule has 2 rings (SSSR count). The number of aromatic nitrogens is 3. The molecule has 2 heterocycles. The fourth-order valence-electron chi connectivity index (χ4n) is 1.88. The average Bonchev–Trinajstić information content (AvgIpc) is 2.89. The van der Waals surface area contributed by atoms with Gasteiger partial charge in [0.1, 0.15) is 0 Å². The standard InChI is InChI=1S/C13H20N4/c1-3-6-17-8-4-12(11-17)9-14-10-13-5-7-16(2)15-13/h4-5,7-8,11,14H,3,6,9-10H2,1-2H3. The van der Waals surface area contributed by atoms with Gasteiger partial charge in [-0.1, -0.05) is 6.92 Å². The van der Waals surface area contributed by atoms with E-state index in [9.17, 15) is 0 Å². The Balaban J connectivity index is 1.77. The second-order valence-electron chi connectivity index (χ2n) is 4.34. The molecule has 0 atom stereocenters. The summed E-state index contributed by atoms with van der Waals surface area (Å²) in [5.41, 5.74) is 2.41. The van der Waals surface area contributed by atoms with Gasteiger partial charge in [-0.15, -0.1) is 0 Å². The monoisotopic (exact) mass is 232 g/mol. The van der Waals surface area contributed by atoms with Crippen LogP contribution in [0.5, 0.6) is 0 Å². The van der Waals surface area contributed by atoms with Crippen LogP contribution >= 0.6 is 0 Å². The summed E-state index contributed by atoms with van der Waals surface area (Å²) in [6.45, 7) is 5.01. The summed E-state index contributed by atoms with van der Waals surface area (Å²) < 4.78 is 4.06. The van der Waals surface area contributed by atoms with E-state index in [4.69, 9.17) is 0 Å². The van der Waals surface area contributed by atoms with E-state index in [1.165, 1.54) is 12.0 Å². The molecule has 0 saturated carbocycles. The van der Waals surface area contributed by atoms with Gasteiger partial charge in [-0.25, -0.2) is 0 Å². The molecule has 17 heavy (non-hydrogen) atoms. The fraction of sp³-hybridized carbons (Fsp3) is 0.462. The van der Waals surface area contributed by atoms with Gasteiger partial charge in [-0.2, -0.15) is 5.10 Å². The molecular formula is C13H20N4. The topological polar surface area (TPSA) is 34.8 Å². The second kappa shape index (κ2) is 5.68. The lowest BCUT2D eigenvalue weighted by molar-refractivity contribution is 0.649. The molecule has 0 aromatic carbocycles. The number of nitrogens with one attached hydrogen (secondary N) is 1. The predicted octanol–water partition coefficient (Wildman–Crippen LogP) is 1.92. The molecule has 0 saturated heterocycles. The number of hydrogen-bond donors (Lipinski definition) is 1. The minimum absolute atomic E-state index is 0.819. The molecule has 92 valence electrons. The number of rotatable bonds is 6. The minimum atomic E-state index is 0.819. The first-order valence-electron chi connectivity index (χ1n) is 6.12. The van der Waals surface area contributed by atoms with E-state index in [-0.39, 0.29) is 0 Å². The van der Waals surface area contributed by atoms with Crippen LogP contribution in [0.25, 0.3) is 0 Å². The fourth-order valence-corrected chi connectivity index (χ4v) is 1.88. The van der Waals surface area contributed by atoms with Crippen LogP contribution in [0.3, 0.4) is 0 Å². The number of hydrogen-bond acceptors (Lipinski definition) is 2. The SMILES string of the molecule is CCCn1ccc(CNCc2ccn(C)n2)c1. The normalized spacial score (nSPS) is 10.9. The van der Waals surface area contributed by atoms with Gasteiger partial charge in [0.15, 0.2) is 0 Å². The zero-order chi connectivity index (χ0) is 12.1. The maximum absolute atomic E-state index is 4.33. The van der Waals surface area contributed by atoms with Crippen molar-refractivity contribution in [2.75, 3.05) is 0 Å². The van der Waals surface area contributed by atoms with E-state index in [0.717, 1.165) is 25.3 Å². The Morgan fingerprint density at radius 1 is 1.24 bits per heavy atom. The van der Waals surface area contributed by atoms with Gasteiger partial charge < -0.3 is 9.88 Å². The third-order valence-electron chi connectivity index (χ3n) is 2.70. The van der Waals surface area contributed by atoms with Crippen molar-refractivity contribution >= 4 is 0 Å². The second-order valence-corrected chi connectivity index (χ2v) is 4.34. The molecule has 0 fully saturated rings. The molecule has 2 aromatic rings. The van der Waals surface area contributed by atoms with Crippen molar-refractivity contribution in [2.45, 2.75) is 33.0 Å². The Morgan fingerprint density at radius 3 is 2.82 bits per heavy atom. The maximum Gasteiger partial charge on any atom is 0.0762 e. The van der Waals surface area contributed by atoms with Gasteiger partial charge in [0.25, 0.3) is 0 Å². The van der Waals surface area contributed by atoms with Crippen LogP contribution in [-0.4, -0.2) is 14.3 Å². The first-order chi connectivity index (χ1) is 8.28. The van der Waals surface area contributed by atoms with Crippen LogP contribution in [0.1, 0.15) is 24.6 Å². The van der Waals surface area contributed by atoms with Crippen molar-refractivity contribution in [2.24, 2.45) is 7.05 Å². The summed E-state index contributed by atoms with van der Waals surface area (Å²) in [6.07, 6.45) is 7.49. The molecular weight excluding hydrogens is 212 g/mol. The van der Waals surface area contributed by atoms with Gasteiger partial charge in [0.05, 0.1) is 5.69 Å². The molecule has 4 nitrogen and oxygen atoms in total. The summed E-state index contributed by atoms with van der Waals surface area (Å²) in [5, 5.41) is 7.72. The van der Waals surface area contributed by atoms with E-state index in [2.05, 4.69) is 40.4 Å². The Labute approximate surface area is 102 Å². The zero-order valence-electron chi connectivity index (χ0n) is 10.6. The Hall–Kier alpha value is -1.55. The van der Waals surface area contributed by atoms with Gasteiger partial charge in [-0.05, 0) is 24.1 Å². The first kappa shape index (κ1) is 11.9. The third-order valence-corrected chi connectivity index (χ3v) is 2.70. The Bertz CT molecular complexity index is 455. The highest BCUT2D eigenvalue weighted by molar-refractivity contribution is 5.10. The van der Waals surface area contributed by atoms with Crippen molar-refractivity contribution in [3.8, 4) is 0 Å². The number of nitrogens with zero attached hydrogens (tertiary/aromatic N) is 3. The summed E-state index contributed by atoms with van der Waals surface area (Å²) in [6, 6.07) is 4.20. The Kier molecular flexibility index (Phi) is 3.98. The van der Waals surface area contributed by atoms with Crippen molar-refractivity contribution in [1.29, 1.82) is 0 Å². The lowest BCUT2D eigenvalue weighted by Gasteiger charge is -2.01. The molecule has 0 bridgehead atoms. The highest BCUT2D eigenvalue weighted by Gasteiger charge is 1.98. The lowest BCUT2D eigenvalue weighted by atomic mass is 10.3. The van der Waals surface area contributed by atoms with Crippen LogP contribution in [0.4, 0.5) is 0 Å². The largest absolute Gasteiger partial charge is 0.354 e. The van der Waals surface area contributed by atoms with E-state index in [1.54, 1.807) is 0 Å². The molecule has 0 amide bonds. The van der Waals surface area contributed by atoms with Crippen LogP contribution in [0.15, 0.2) is 30.7 Å². The molecule has 2 aromatic heterocycles. The third kappa shape index (κ3) is 3.46. The van der Waals surface area contributed by atoms with E-state index in [1.807, 2.05) is 24.0 Å². The van der Waals surface area contributed by atoms with Crippen molar-refractivity contribution < 1.29 is 0 Å².